The van der Waals surface area contributed by atoms with Gasteiger partial charge in [0.25, 0.3) is 5.91 Å². The second-order valence-electron chi connectivity index (χ2n) is 5.59. The SMILES string of the molecule is CCOC(=O)C1CCN(C(=O)c2cc3ccccc3[nH]2)CC1. The van der Waals surface area contributed by atoms with Crippen molar-refractivity contribution < 1.29 is 14.3 Å². The second kappa shape index (κ2) is 6.22. The number of hydrogen-bond donors (Lipinski definition) is 1. The molecule has 0 spiro atoms. The summed E-state index contributed by atoms with van der Waals surface area (Å²) < 4.78 is 5.05. The number of rotatable bonds is 3. The minimum absolute atomic E-state index is 0.00138. The minimum Gasteiger partial charge on any atom is -0.466 e. The van der Waals surface area contributed by atoms with Gasteiger partial charge >= 0.3 is 5.97 Å². The average Bonchev–Trinajstić information content (AvgIpc) is 2.98. The number of aromatic amines is 1. The van der Waals surface area contributed by atoms with Crippen molar-refractivity contribution in [3.05, 3.63) is 36.0 Å². The number of fused-ring (bicyclic) bond motifs is 1. The smallest absolute Gasteiger partial charge is 0.309 e. The van der Waals surface area contributed by atoms with E-state index in [0.29, 0.717) is 38.2 Å². The van der Waals surface area contributed by atoms with Gasteiger partial charge in [0.15, 0.2) is 0 Å². The first-order valence-corrected chi connectivity index (χ1v) is 7.72. The lowest BCUT2D eigenvalue weighted by molar-refractivity contribution is -0.149. The van der Waals surface area contributed by atoms with E-state index in [9.17, 15) is 9.59 Å². The van der Waals surface area contributed by atoms with E-state index in [2.05, 4.69) is 4.98 Å². The average molecular weight is 300 g/mol. The standard InChI is InChI=1S/C17H20N2O3/c1-2-22-17(21)12-7-9-19(10-8-12)16(20)15-11-13-5-3-4-6-14(13)18-15/h3-6,11-12,18H,2,7-10H2,1H3. The molecule has 5 heteroatoms. The molecule has 1 aliphatic rings. The van der Waals surface area contributed by atoms with Gasteiger partial charge in [-0.1, -0.05) is 18.2 Å². The van der Waals surface area contributed by atoms with Crippen molar-refractivity contribution in [3.63, 3.8) is 0 Å². The zero-order valence-electron chi connectivity index (χ0n) is 12.7. The normalized spacial score (nSPS) is 16.0. The fraction of sp³-hybridized carbons (Fsp3) is 0.412. The quantitative estimate of drug-likeness (QED) is 0.886. The Morgan fingerprint density at radius 3 is 2.68 bits per heavy atom. The van der Waals surface area contributed by atoms with Gasteiger partial charge in [0.05, 0.1) is 12.5 Å². The van der Waals surface area contributed by atoms with E-state index in [4.69, 9.17) is 4.74 Å². The van der Waals surface area contributed by atoms with Crippen molar-refractivity contribution >= 4 is 22.8 Å². The molecule has 1 N–H and O–H groups in total. The van der Waals surface area contributed by atoms with Gasteiger partial charge in [-0.05, 0) is 31.9 Å². The Balaban J connectivity index is 1.65. The Labute approximate surface area is 129 Å². The van der Waals surface area contributed by atoms with Crippen LogP contribution in [0.2, 0.25) is 0 Å². The maximum atomic E-state index is 12.6. The van der Waals surface area contributed by atoms with Gasteiger partial charge in [-0.25, -0.2) is 0 Å². The zero-order valence-corrected chi connectivity index (χ0v) is 12.7. The molecule has 1 amide bonds. The topological polar surface area (TPSA) is 62.4 Å². The molecule has 0 atom stereocenters. The molecule has 0 saturated carbocycles. The highest BCUT2D eigenvalue weighted by Gasteiger charge is 2.29. The number of benzene rings is 1. The highest BCUT2D eigenvalue weighted by Crippen LogP contribution is 2.22. The minimum atomic E-state index is -0.139. The molecular weight excluding hydrogens is 280 g/mol. The lowest BCUT2D eigenvalue weighted by Crippen LogP contribution is -2.40. The number of hydrogen-bond acceptors (Lipinski definition) is 3. The third kappa shape index (κ3) is 2.84. The summed E-state index contributed by atoms with van der Waals surface area (Å²) >= 11 is 0. The number of amides is 1. The zero-order chi connectivity index (χ0) is 15.5. The van der Waals surface area contributed by atoms with E-state index in [1.807, 2.05) is 37.3 Å². The third-order valence-electron chi connectivity index (χ3n) is 4.16. The number of nitrogens with zero attached hydrogens (tertiary/aromatic N) is 1. The molecule has 1 aromatic carbocycles. The molecule has 1 fully saturated rings. The molecule has 1 aliphatic heterocycles. The molecule has 22 heavy (non-hydrogen) atoms. The summed E-state index contributed by atoms with van der Waals surface area (Å²) in [6.45, 7) is 3.41. The van der Waals surface area contributed by atoms with Crippen LogP contribution in [0.5, 0.6) is 0 Å². The highest BCUT2D eigenvalue weighted by molar-refractivity contribution is 5.98. The first-order chi connectivity index (χ1) is 10.7. The van der Waals surface area contributed by atoms with Crippen LogP contribution in [-0.2, 0) is 9.53 Å². The van der Waals surface area contributed by atoms with Crippen LogP contribution >= 0.6 is 0 Å². The molecule has 0 aliphatic carbocycles. The molecule has 1 saturated heterocycles. The van der Waals surface area contributed by atoms with E-state index in [0.717, 1.165) is 10.9 Å². The number of esters is 1. The number of para-hydroxylation sites is 1. The van der Waals surface area contributed by atoms with E-state index in [1.165, 1.54) is 0 Å². The molecule has 2 heterocycles. The lowest BCUT2D eigenvalue weighted by Gasteiger charge is -2.30. The summed E-state index contributed by atoms with van der Waals surface area (Å²) in [6.07, 6.45) is 1.34. The van der Waals surface area contributed by atoms with Crippen molar-refractivity contribution in [2.45, 2.75) is 19.8 Å². The van der Waals surface area contributed by atoms with Crippen molar-refractivity contribution in [3.8, 4) is 0 Å². The number of carbonyl (C=O) groups excluding carboxylic acids is 2. The first-order valence-electron chi connectivity index (χ1n) is 7.72. The van der Waals surface area contributed by atoms with Gasteiger partial charge in [-0.3, -0.25) is 9.59 Å². The Morgan fingerprint density at radius 2 is 2.00 bits per heavy atom. The fourth-order valence-corrected chi connectivity index (χ4v) is 2.94. The summed E-state index contributed by atoms with van der Waals surface area (Å²) in [5.74, 6) is -0.217. The number of likely N-dealkylation sites (tertiary alicyclic amines) is 1. The number of piperidine rings is 1. The molecule has 3 rings (SSSR count). The summed E-state index contributed by atoms with van der Waals surface area (Å²) in [5.41, 5.74) is 1.57. The Hall–Kier alpha value is -2.30. The van der Waals surface area contributed by atoms with Crippen LogP contribution in [0.15, 0.2) is 30.3 Å². The molecule has 0 bridgehead atoms. The lowest BCUT2D eigenvalue weighted by atomic mass is 9.97. The van der Waals surface area contributed by atoms with Crippen LogP contribution in [0.25, 0.3) is 10.9 Å². The fourth-order valence-electron chi connectivity index (χ4n) is 2.94. The number of H-pyrrole nitrogens is 1. The van der Waals surface area contributed by atoms with Gasteiger partial charge in [0.2, 0.25) is 0 Å². The van der Waals surface area contributed by atoms with E-state index in [-0.39, 0.29) is 17.8 Å². The van der Waals surface area contributed by atoms with Crippen LogP contribution in [0.1, 0.15) is 30.3 Å². The number of ether oxygens (including phenoxy) is 1. The second-order valence-corrected chi connectivity index (χ2v) is 5.59. The van der Waals surface area contributed by atoms with Gasteiger partial charge < -0.3 is 14.6 Å². The van der Waals surface area contributed by atoms with Gasteiger partial charge in [0.1, 0.15) is 5.69 Å². The third-order valence-corrected chi connectivity index (χ3v) is 4.16. The van der Waals surface area contributed by atoms with Crippen molar-refractivity contribution in [2.24, 2.45) is 5.92 Å². The van der Waals surface area contributed by atoms with E-state index in [1.54, 1.807) is 4.90 Å². The van der Waals surface area contributed by atoms with Crippen LogP contribution < -0.4 is 0 Å². The molecular formula is C17H20N2O3. The van der Waals surface area contributed by atoms with Crippen LogP contribution in [0.3, 0.4) is 0 Å². The van der Waals surface area contributed by atoms with E-state index >= 15 is 0 Å². The van der Waals surface area contributed by atoms with Gasteiger partial charge in [0, 0.05) is 24.0 Å². The predicted octanol–water partition coefficient (Wildman–Crippen LogP) is 2.58. The van der Waals surface area contributed by atoms with Gasteiger partial charge in [-0.15, -0.1) is 0 Å². The molecule has 1 aromatic heterocycles. The van der Waals surface area contributed by atoms with Crippen LogP contribution in [0, 0.1) is 5.92 Å². The number of aromatic nitrogens is 1. The summed E-state index contributed by atoms with van der Waals surface area (Å²) in [4.78, 5) is 29.3. The van der Waals surface area contributed by atoms with Crippen LogP contribution in [0.4, 0.5) is 0 Å². The van der Waals surface area contributed by atoms with E-state index < -0.39 is 0 Å². The molecule has 2 aromatic rings. The molecule has 0 unspecified atom stereocenters. The van der Waals surface area contributed by atoms with Crippen molar-refractivity contribution in [1.82, 2.24) is 9.88 Å². The maximum absolute atomic E-state index is 12.6. The monoisotopic (exact) mass is 300 g/mol. The Morgan fingerprint density at radius 1 is 1.27 bits per heavy atom. The molecule has 0 radical (unpaired) electrons. The summed E-state index contributed by atoms with van der Waals surface area (Å²) in [6, 6.07) is 9.72. The Bertz CT molecular complexity index is 651. The highest BCUT2D eigenvalue weighted by atomic mass is 16.5. The predicted molar refractivity (Wildman–Crippen MR) is 83.6 cm³/mol. The van der Waals surface area contributed by atoms with Crippen molar-refractivity contribution in [2.75, 3.05) is 19.7 Å². The first kappa shape index (κ1) is 14.6. The largest absolute Gasteiger partial charge is 0.466 e. The van der Waals surface area contributed by atoms with Gasteiger partial charge in [-0.2, -0.15) is 0 Å². The molecule has 116 valence electrons. The summed E-state index contributed by atoms with van der Waals surface area (Å²) in [7, 11) is 0. The summed E-state index contributed by atoms with van der Waals surface area (Å²) in [5, 5.41) is 1.03. The van der Waals surface area contributed by atoms with Crippen molar-refractivity contribution in [1.29, 1.82) is 0 Å². The maximum Gasteiger partial charge on any atom is 0.309 e. The van der Waals surface area contributed by atoms with Crippen LogP contribution in [-0.4, -0.2) is 41.5 Å². The Kier molecular flexibility index (Phi) is 4.13. The number of nitrogens with one attached hydrogen (secondary N) is 1. The number of carbonyl (C=O) groups is 2. The molecule has 5 nitrogen and oxygen atoms in total.